The van der Waals surface area contributed by atoms with Crippen LogP contribution >= 0.6 is 0 Å². The molecule has 2 atom stereocenters. The Balaban J connectivity index is 2.17. The zero-order valence-corrected chi connectivity index (χ0v) is 14.1. The first kappa shape index (κ1) is 16.7. The number of rotatable bonds is 4. The van der Waals surface area contributed by atoms with Crippen LogP contribution in [0.2, 0.25) is 0 Å². The summed E-state index contributed by atoms with van der Waals surface area (Å²) in [6.45, 7) is 6.16. The standard InChI is InChI=1S/C19H28N2O/c1-4-8-17-14(3)9-7-12-20-19(17)15-10-6-11-16(13-15)21-18(22)5-2/h4,7-8,12,15-16H,5-6,9-11,13H2,1-3H3,(H,21,22)/b8-4-. The molecule has 2 unspecified atom stereocenters. The molecule has 2 rings (SSSR count). The molecule has 3 heteroatoms. The van der Waals surface area contributed by atoms with Crippen LogP contribution in [0.3, 0.4) is 0 Å². The number of hydrogen-bond acceptors (Lipinski definition) is 2. The van der Waals surface area contributed by atoms with Crippen molar-refractivity contribution in [3.8, 4) is 0 Å². The average molecular weight is 300 g/mol. The largest absolute Gasteiger partial charge is 0.353 e. The maximum atomic E-state index is 11.7. The van der Waals surface area contributed by atoms with Crippen LogP contribution in [0.4, 0.5) is 0 Å². The van der Waals surface area contributed by atoms with Crippen molar-refractivity contribution in [1.29, 1.82) is 0 Å². The van der Waals surface area contributed by atoms with Crippen LogP contribution in [0.5, 0.6) is 0 Å². The van der Waals surface area contributed by atoms with Crippen LogP contribution in [0.15, 0.2) is 40.6 Å². The number of carbonyl (C=O) groups excluding carboxylic acids is 1. The zero-order valence-electron chi connectivity index (χ0n) is 14.1. The highest BCUT2D eigenvalue weighted by Crippen LogP contribution is 2.31. The fourth-order valence-electron chi connectivity index (χ4n) is 3.38. The molecule has 0 spiro atoms. The molecule has 0 aromatic carbocycles. The van der Waals surface area contributed by atoms with Crippen LogP contribution in [0.25, 0.3) is 0 Å². The summed E-state index contributed by atoms with van der Waals surface area (Å²) < 4.78 is 0. The molecule has 2 aliphatic rings. The van der Waals surface area contributed by atoms with Gasteiger partial charge in [0.2, 0.25) is 5.91 Å². The van der Waals surface area contributed by atoms with E-state index in [1.165, 1.54) is 23.3 Å². The molecule has 120 valence electrons. The third-order valence-corrected chi connectivity index (χ3v) is 4.56. The number of carbonyl (C=O) groups is 1. The summed E-state index contributed by atoms with van der Waals surface area (Å²) in [4.78, 5) is 16.4. The minimum Gasteiger partial charge on any atom is -0.353 e. The molecule has 1 N–H and O–H groups in total. The Morgan fingerprint density at radius 1 is 1.45 bits per heavy atom. The van der Waals surface area contributed by atoms with Crippen molar-refractivity contribution in [2.45, 2.75) is 65.3 Å². The number of nitrogens with zero attached hydrogens (tertiary/aromatic N) is 1. The number of allylic oxidation sites excluding steroid dienone is 5. The molecule has 1 aliphatic heterocycles. The highest BCUT2D eigenvalue weighted by atomic mass is 16.1. The molecule has 0 saturated heterocycles. The van der Waals surface area contributed by atoms with Crippen LogP contribution < -0.4 is 5.32 Å². The lowest BCUT2D eigenvalue weighted by Gasteiger charge is -2.31. The lowest BCUT2D eigenvalue weighted by Crippen LogP contribution is -2.39. The summed E-state index contributed by atoms with van der Waals surface area (Å²) >= 11 is 0. The first-order valence-electron chi connectivity index (χ1n) is 8.50. The van der Waals surface area contributed by atoms with Gasteiger partial charge in [0.05, 0.1) is 5.71 Å². The molecule has 0 aromatic rings. The van der Waals surface area contributed by atoms with E-state index in [9.17, 15) is 4.79 Å². The van der Waals surface area contributed by atoms with Gasteiger partial charge in [0.25, 0.3) is 0 Å². The normalized spacial score (nSPS) is 26.0. The monoisotopic (exact) mass is 300 g/mol. The maximum absolute atomic E-state index is 11.7. The zero-order chi connectivity index (χ0) is 15.9. The molecule has 0 aromatic heterocycles. The van der Waals surface area contributed by atoms with Crippen molar-refractivity contribution in [1.82, 2.24) is 5.32 Å². The predicted molar refractivity (Wildman–Crippen MR) is 92.9 cm³/mol. The van der Waals surface area contributed by atoms with E-state index in [-0.39, 0.29) is 5.91 Å². The molecule has 1 heterocycles. The predicted octanol–water partition coefficient (Wildman–Crippen LogP) is 4.32. The van der Waals surface area contributed by atoms with E-state index >= 15 is 0 Å². The van der Waals surface area contributed by atoms with Crippen molar-refractivity contribution in [2.75, 3.05) is 0 Å². The molecule has 1 amide bonds. The molecule has 1 saturated carbocycles. The molecule has 1 fully saturated rings. The topological polar surface area (TPSA) is 41.5 Å². The second-order valence-corrected chi connectivity index (χ2v) is 6.28. The van der Waals surface area contributed by atoms with Crippen LogP contribution in [0.1, 0.15) is 59.3 Å². The highest BCUT2D eigenvalue weighted by Gasteiger charge is 2.28. The van der Waals surface area contributed by atoms with E-state index in [4.69, 9.17) is 4.99 Å². The average Bonchev–Trinajstić information content (AvgIpc) is 2.70. The first-order valence-corrected chi connectivity index (χ1v) is 8.50. The Morgan fingerprint density at radius 3 is 3.00 bits per heavy atom. The number of aliphatic imine (C=N–C) groups is 1. The van der Waals surface area contributed by atoms with Gasteiger partial charge in [0, 0.05) is 24.6 Å². The fraction of sp³-hybridized carbons (Fsp3) is 0.579. The van der Waals surface area contributed by atoms with Crippen molar-refractivity contribution >= 4 is 11.6 Å². The molecule has 0 radical (unpaired) electrons. The second-order valence-electron chi connectivity index (χ2n) is 6.28. The van der Waals surface area contributed by atoms with Gasteiger partial charge in [-0.2, -0.15) is 0 Å². The van der Waals surface area contributed by atoms with Crippen molar-refractivity contribution in [3.05, 3.63) is 35.6 Å². The van der Waals surface area contributed by atoms with Gasteiger partial charge in [-0.3, -0.25) is 9.79 Å². The van der Waals surface area contributed by atoms with Gasteiger partial charge in [-0.25, -0.2) is 0 Å². The SMILES string of the molecule is C/C=C\C1=C(C)CC=CN=C1C1CCCC(NC(=O)CC)C1. The van der Waals surface area contributed by atoms with Gasteiger partial charge in [0.15, 0.2) is 0 Å². The van der Waals surface area contributed by atoms with E-state index in [1.807, 2.05) is 13.1 Å². The first-order chi connectivity index (χ1) is 10.7. The van der Waals surface area contributed by atoms with Crippen LogP contribution in [-0.4, -0.2) is 17.7 Å². The smallest absolute Gasteiger partial charge is 0.219 e. The van der Waals surface area contributed by atoms with E-state index in [0.717, 1.165) is 25.7 Å². The van der Waals surface area contributed by atoms with Gasteiger partial charge in [-0.1, -0.05) is 37.1 Å². The maximum Gasteiger partial charge on any atom is 0.219 e. The molecular weight excluding hydrogens is 272 g/mol. The molecule has 3 nitrogen and oxygen atoms in total. The third-order valence-electron chi connectivity index (χ3n) is 4.56. The molecular formula is C19H28N2O. The number of amides is 1. The highest BCUT2D eigenvalue weighted by molar-refractivity contribution is 6.05. The quantitative estimate of drug-likeness (QED) is 0.825. The Bertz CT molecular complexity index is 526. The number of nitrogens with one attached hydrogen (secondary N) is 1. The Labute approximate surface area is 134 Å². The van der Waals surface area contributed by atoms with E-state index < -0.39 is 0 Å². The Hall–Kier alpha value is -1.64. The minimum absolute atomic E-state index is 0.161. The molecule has 22 heavy (non-hydrogen) atoms. The van der Waals surface area contributed by atoms with Gasteiger partial charge in [-0.05, 0) is 45.1 Å². The van der Waals surface area contributed by atoms with Gasteiger partial charge < -0.3 is 5.32 Å². The van der Waals surface area contributed by atoms with Crippen LogP contribution in [-0.2, 0) is 4.79 Å². The van der Waals surface area contributed by atoms with Crippen molar-refractivity contribution < 1.29 is 4.79 Å². The molecule has 1 aliphatic carbocycles. The van der Waals surface area contributed by atoms with E-state index in [2.05, 4.69) is 37.4 Å². The number of hydrogen-bond donors (Lipinski definition) is 1. The molecule has 0 bridgehead atoms. The summed E-state index contributed by atoms with van der Waals surface area (Å²) in [5, 5.41) is 3.17. The second kappa shape index (κ2) is 8.11. The third kappa shape index (κ3) is 4.19. The van der Waals surface area contributed by atoms with Gasteiger partial charge in [-0.15, -0.1) is 0 Å². The summed E-state index contributed by atoms with van der Waals surface area (Å²) in [7, 11) is 0. The summed E-state index contributed by atoms with van der Waals surface area (Å²) in [5.74, 6) is 0.605. The van der Waals surface area contributed by atoms with Gasteiger partial charge >= 0.3 is 0 Å². The summed E-state index contributed by atoms with van der Waals surface area (Å²) in [6.07, 6.45) is 14.3. The Morgan fingerprint density at radius 2 is 2.27 bits per heavy atom. The van der Waals surface area contributed by atoms with E-state index in [1.54, 1.807) is 0 Å². The summed E-state index contributed by atoms with van der Waals surface area (Å²) in [5.41, 5.74) is 3.88. The summed E-state index contributed by atoms with van der Waals surface area (Å²) in [6, 6.07) is 0.299. The lowest BCUT2D eigenvalue weighted by atomic mass is 9.79. The van der Waals surface area contributed by atoms with E-state index in [0.29, 0.717) is 18.4 Å². The van der Waals surface area contributed by atoms with Crippen molar-refractivity contribution in [2.24, 2.45) is 10.9 Å². The van der Waals surface area contributed by atoms with Gasteiger partial charge in [0.1, 0.15) is 0 Å². The lowest BCUT2D eigenvalue weighted by molar-refractivity contribution is -0.121. The minimum atomic E-state index is 0.161. The van der Waals surface area contributed by atoms with Crippen LogP contribution in [0, 0.1) is 5.92 Å². The fourth-order valence-corrected chi connectivity index (χ4v) is 3.38. The Kier molecular flexibility index (Phi) is 6.17. The van der Waals surface area contributed by atoms with Crippen molar-refractivity contribution in [3.63, 3.8) is 0 Å².